The number of esters is 1. The standard InChI is InChI=1S/C19H20N2O2/c1-13(2)17-16-9-10-20-21(16)12-15(18(17)19(22)23-3)11-14-7-5-4-6-8-14/h4-11,13H,12H2,1-3H3/b15-11-. The van der Waals surface area contributed by atoms with Gasteiger partial charge in [-0.1, -0.05) is 44.2 Å². The van der Waals surface area contributed by atoms with E-state index in [-0.39, 0.29) is 11.9 Å². The van der Waals surface area contributed by atoms with Gasteiger partial charge in [-0.3, -0.25) is 4.68 Å². The molecule has 0 bridgehead atoms. The third kappa shape index (κ3) is 2.84. The number of fused-ring (bicyclic) bond motifs is 1. The Labute approximate surface area is 136 Å². The predicted octanol–water partition coefficient (Wildman–Crippen LogP) is 3.56. The molecule has 2 aromatic rings. The van der Waals surface area contributed by atoms with Crippen LogP contribution in [0.3, 0.4) is 0 Å². The second-order valence-corrected chi connectivity index (χ2v) is 5.89. The number of benzene rings is 1. The Morgan fingerprint density at radius 1 is 1.26 bits per heavy atom. The Hall–Kier alpha value is -2.62. The molecule has 2 heterocycles. The second kappa shape index (κ2) is 6.24. The molecule has 1 aromatic heterocycles. The van der Waals surface area contributed by atoms with Crippen molar-refractivity contribution in [3.8, 4) is 0 Å². The van der Waals surface area contributed by atoms with E-state index in [0.29, 0.717) is 12.1 Å². The number of carbonyl (C=O) groups excluding carboxylic acids is 1. The van der Waals surface area contributed by atoms with Gasteiger partial charge in [0.2, 0.25) is 0 Å². The lowest BCUT2D eigenvalue weighted by Gasteiger charge is -2.25. The maximum absolute atomic E-state index is 12.5. The number of hydrogen-bond acceptors (Lipinski definition) is 3. The van der Waals surface area contributed by atoms with E-state index in [4.69, 9.17) is 4.74 Å². The van der Waals surface area contributed by atoms with E-state index in [1.54, 1.807) is 6.20 Å². The molecule has 0 unspecified atom stereocenters. The van der Waals surface area contributed by atoms with Gasteiger partial charge in [0.1, 0.15) is 0 Å². The van der Waals surface area contributed by atoms with Crippen LogP contribution in [0.5, 0.6) is 0 Å². The molecule has 4 heteroatoms. The summed E-state index contributed by atoms with van der Waals surface area (Å²) in [7, 11) is 1.43. The monoisotopic (exact) mass is 308 g/mol. The van der Waals surface area contributed by atoms with Crippen LogP contribution in [-0.4, -0.2) is 22.9 Å². The Bertz CT molecular complexity index is 783. The van der Waals surface area contributed by atoms with Gasteiger partial charge < -0.3 is 4.74 Å². The molecule has 4 nitrogen and oxygen atoms in total. The lowest BCUT2D eigenvalue weighted by atomic mass is 9.86. The van der Waals surface area contributed by atoms with Crippen molar-refractivity contribution >= 4 is 17.6 Å². The molecule has 3 rings (SSSR count). The van der Waals surface area contributed by atoms with Gasteiger partial charge in [-0.2, -0.15) is 5.10 Å². The van der Waals surface area contributed by atoms with E-state index in [2.05, 4.69) is 18.9 Å². The van der Waals surface area contributed by atoms with E-state index in [0.717, 1.165) is 22.4 Å². The molecule has 1 aliphatic rings. The number of carbonyl (C=O) groups is 1. The summed E-state index contributed by atoms with van der Waals surface area (Å²) in [5.74, 6) is -0.0950. The normalized spacial score (nSPS) is 15.9. The van der Waals surface area contributed by atoms with Crippen LogP contribution in [0, 0.1) is 5.92 Å². The van der Waals surface area contributed by atoms with Crippen LogP contribution in [-0.2, 0) is 16.1 Å². The zero-order valence-electron chi connectivity index (χ0n) is 13.6. The predicted molar refractivity (Wildman–Crippen MR) is 90.4 cm³/mol. The number of allylic oxidation sites excluding steroid dienone is 1. The quantitative estimate of drug-likeness (QED) is 0.814. The van der Waals surface area contributed by atoms with Crippen molar-refractivity contribution in [1.29, 1.82) is 0 Å². The second-order valence-electron chi connectivity index (χ2n) is 5.89. The average Bonchev–Trinajstić information content (AvgIpc) is 3.01. The molecule has 1 aliphatic heterocycles. The highest BCUT2D eigenvalue weighted by atomic mass is 16.5. The number of aromatic nitrogens is 2. The number of ether oxygens (including phenoxy) is 1. The summed E-state index contributed by atoms with van der Waals surface area (Å²) in [5, 5.41) is 4.39. The lowest BCUT2D eigenvalue weighted by Crippen LogP contribution is -2.22. The summed E-state index contributed by atoms with van der Waals surface area (Å²) in [6, 6.07) is 12.0. The first-order chi connectivity index (χ1) is 11.1. The Morgan fingerprint density at radius 2 is 2.00 bits per heavy atom. The topological polar surface area (TPSA) is 44.1 Å². The summed E-state index contributed by atoms with van der Waals surface area (Å²) < 4.78 is 7.00. The molecule has 0 atom stereocenters. The third-order valence-electron chi connectivity index (χ3n) is 4.01. The summed E-state index contributed by atoms with van der Waals surface area (Å²) in [4.78, 5) is 12.5. The fraction of sp³-hybridized carbons (Fsp3) is 0.263. The van der Waals surface area contributed by atoms with E-state index in [9.17, 15) is 4.79 Å². The first kappa shape index (κ1) is 15.3. The highest BCUT2D eigenvalue weighted by Gasteiger charge is 2.29. The molecular formula is C19H20N2O2. The summed E-state index contributed by atoms with van der Waals surface area (Å²) >= 11 is 0. The molecular weight excluding hydrogens is 288 g/mol. The molecule has 1 aromatic carbocycles. The van der Waals surface area contributed by atoms with Crippen molar-refractivity contribution in [2.24, 2.45) is 5.92 Å². The van der Waals surface area contributed by atoms with E-state index >= 15 is 0 Å². The van der Waals surface area contributed by atoms with Crippen molar-refractivity contribution in [2.45, 2.75) is 20.4 Å². The van der Waals surface area contributed by atoms with Gasteiger partial charge in [-0.05, 0) is 34.8 Å². The molecule has 0 saturated heterocycles. The van der Waals surface area contributed by atoms with Gasteiger partial charge in [0.25, 0.3) is 0 Å². The zero-order chi connectivity index (χ0) is 16.4. The maximum Gasteiger partial charge on any atom is 0.338 e. The minimum atomic E-state index is -0.289. The fourth-order valence-electron chi connectivity index (χ4n) is 3.02. The largest absolute Gasteiger partial charge is 0.465 e. The highest BCUT2D eigenvalue weighted by Crippen LogP contribution is 2.36. The Kier molecular flexibility index (Phi) is 4.15. The first-order valence-corrected chi connectivity index (χ1v) is 7.72. The first-order valence-electron chi connectivity index (χ1n) is 7.72. The van der Waals surface area contributed by atoms with E-state index in [1.807, 2.05) is 47.2 Å². The molecule has 0 fully saturated rings. The number of rotatable bonds is 3. The minimum Gasteiger partial charge on any atom is -0.465 e. The fourth-order valence-corrected chi connectivity index (χ4v) is 3.02. The van der Waals surface area contributed by atoms with Gasteiger partial charge in [0, 0.05) is 6.20 Å². The average molecular weight is 308 g/mol. The van der Waals surface area contributed by atoms with Crippen LogP contribution < -0.4 is 0 Å². The Balaban J connectivity index is 2.22. The van der Waals surface area contributed by atoms with Gasteiger partial charge in [-0.25, -0.2) is 4.79 Å². The molecule has 0 saturated carbocycles. The molecule has 23 heavy (non-hydrogen) atoms. The van der Waals surface area contributed by atoms with Crippen molar-refractivity contribution in [3.63, 3.8) is 0 Å². The smallest absolute Gasteiger partial charge is 0.338 e. The zero-order valence-corrected chi connectivity index (χ0v) is 13.6. The van der Waals surface area contributed by atoms with Crippen molar-refractivity contribution in [1.82, 2.24) is 9.78 Å². The minimum absolute atomic E-state index is 0.194. The highest BCUT2D eigenvalue weighted by molar-refractivity contribution is 6.04. The number of methoxy groups -OCH3 is 1. The molecule has 0 amide bonds. The number of nitrogens with zero attached hydrogens (tertiary/aromatic N) is 2. The third-order valence-corrected chi connectivity index (χ3v) is 4.01. The SMILES string of the molecule is COC(=O)C1=C(C(C)C)c2ccnn2C/C1=C/c1ccccc1. The van der Waals surface area contributed by atoms with Gasteiger partial charge >= 0.3 is 5.97 Å². The van der Waals surface area contributed by atoms with Crippen molar-refractivity contribution in [3.05, 3.63) is 65.0 Å². The van der Waals surface area contributed by atoms with Crippen LogP contribution >= 0.6 is 0 Å². The lowest BCUT2D eigenvalue weighted by molar-refractivity contribution is -0.135. The molecule has 0 N–H and O–H groups in total. The van der Waals surface area contributed by atoms with Crippen LogP contribution in [0.15, 0.2) is 53.7 Å². The molecule has 118 valence electrons. The van der Waals surface area contributed by atoms with Crippen LogP contribution in [0.4, 0.5) is 0 Å². The van der Waals surface area contributed by atoms with Gasteiger partial charge in [-0.15, -0.1) is 0 Å². The Morgan fingerprint density at radius 3 is 2.65 bits per heavy atom. The maximum atomic E-state index is 12.5. The summed E-state index contributed by atoms with van der Waals surface area (Å²) in [6.07, 6.45) is 3.82. The van der Waals surface area contributed by atoms with Crippen LogP contribution in [0.1, 0.15) is 25.1 Å². The summed E-state index contributed by atoms with van der Waals surface area (Å²) in [5.41, 5.74) is 4.64. The van der Waals surface area contributed by atoms with Crippen molar-refractivity contribution < 1.29 is 9.53 Å². The molecule has 0 radical (unpaired) electrons. The van der Waals surface area contributed by atoms with Crippen molar-refractivity contribution in [2.75, 3.05) is 7.11 Å². The summed E-state index contributed by atoms with van der Waals surface area (Å²) in [6.45, 7) is 4.74. The molecule has 0 aliphatic carbocycles. The van der Waals surface area contributed by atoms with Gasteiger partial charge in [0.15, 0.2) is 0 Å². The van der Waals surface area contributed by atoms with Crippen LogP contribution in [0.2, 0.25) is 0 Å². The van der Waals surface area contributed by atoms with Crippen LogP contribution in [0.25, 0.3) is 11.6 Å². The molecule has 0 spiro atoms. The number of hydrogen-bond donors (Lipinski definition) is 0. The van der Waals surface area contributed by atoms with E-state index in [1.165, 1.54) is 7.11 Å². The van der Waals surface area contributed by atoms with E-state index < -0.39 is 0 Å². The van der Waals surface area contributed by atoms with Gasteiger partial charge in [0.05, 0.1) is 24.9 Å².